The second-order valence-electron chi connectivity index (χ2n) is 14.3. The predicted molar refractivity (Wildman–Crippen MR) is 195 cm³/mol. The first-order valence-electron chi connectivity index (χ1n) is 16.4. The largest absolute Gasteiger partial charge is 0.496 e. The number of sulfone groups is 1. The molecule has 272 valence electrons. The third-order valence-corrected chi connectivity index (χ3v) is 12.6. The minimum Gasteiger partial charge on any atom is -0.496 e. The van der Waals surface area contributed by atoms with E-state index in [-0.39, 0.29) is 29.2 Å². The van der Waals surface area contributed by atoms with E-state index in [4.69, 9.17) is 32.7 Å². The number of nitrogens with zero attached hydrogens (tertiary/aromatic N) is 1. The lowest BCUT2D eigenvalue weighted by atomic mass is 9.67. The van der Waals surface area contributed by atoms with Gasteiger partial charge in [0.25, 0.3) is 0 Å². The number of hydrogen-bond acceptors (Lipinski definition) is 7. The molecule has 1 saturated carbocycles. The topological polar surface area (TPSA) is 119 Å². The van der Waals surface area contributed by atoms with Crippen LogP contribution in [0.15, 0.2) is 71.9 Å². The number of carbonyl (C=O) groups is 3. The van der Waals surface area contributed by atoms with Crippen molar-refractivity contribution in [1.29, 1.82) is 0 Å². The maximum absolute atomic E-state index is 15.2. The molecule has 3 aromatic carbocycles. The van der Waals surface area contributed by atoms with Crippen molar-refractivity contribution in [3.63, 3.8) is 0 Å². The number of nitrogens with one attached hydrogen (secondary N) is 1. The number of likely N-dealkylation sites (tertiary alicyclic amines) is 1. The summed E-state index contributed by atoms with van der Waals surface area (Å²) < 4.78 is 51.8. The van der Waals surface area contributed by atoms with Gasteiger partial charge in [0.2, 0.25) is 11.8 Å². The fourth-order valence-electron chi connectivity index (χ4n) is 6.53. The van der Waals surface area contributed by atoms with Gasteiger partial charge in [0.15, 0.2) is 9.84 Å². The highest BCUT2D eigenvalue weighted by molar-refractivity contribution is 7.92. The minimum absolute atomic E-state index is 0.0967. The lowest BCUT2D eigenvalue weighted by Crippen LogP contribution is -2.53. The summed E-state index contributed by atoms with van der Waals surface area (Å²) in [6.45, 7) is 6.51. The van der Waals surface area contributed by atoms with Crippen LogP contribution in [0.4, 0.5) is 10.1 Å². The van der Waals surface area contributed by atoms with Crippen LogP contribution in [0.1, 0.15) is 86.8 Å². The molecule has 1 aliphatic heterocycles. The van der Waals surface area contributed by atoms with E-state index in [1.54, 1.807) is 52.0 Å². The number of piperidine rings is 1. The molecule has 0 radical (unpaired) electrons. The molecule has 9 nitrogen and oxygen atoms in total. The Morgan fingerprint density at radius 2 is 1.73 bits per heavy atom. The van der Waals surface area contributed by atoms with E-state index in [2.05, 4.69) is 5.32 Å². The normalized spacial score (nSPS) is 20.5. The number of esters is 1. The second-order valence-corrected chi connectivity index (χ2v) is 17.9. The van der Waals surface area contributed by atoms with Crippen molar-refractivity contribution in [2.45, 2.75) is 70.1 Å². The molecule has 1 N–H and O–H groups in total. The molecule has 1 aliphatic carbocycles. The monoisotopic (exact) mass is 758 g/mol. The summed E-state index contributed by atoms with van der Waals surface area (Å²) in [5, 5.41) is 3.16. The van der Waals surface area contributed by atoms with Crippen LogP contribution in [0.25, 0.3) is 0 Å². The number of hydrogen-bond donors (Lipinski definition) is 1. The summed E-state index contributed by atoms with van der Waals surface area (Å²) in [7, 11) is -1.17. The van der Waals surface area contributed by atoms with Crippen LogP contribution in [0.3, 0.4) is 0 Å². The molecule has 0 bridgehead atoms. The molecule has 3 atom stereocenters. The molecule has 2 aliphatic rings. The van der Waals surface area contributed by atoms with E-state index in [1.807, 2.05) is 6.07 Å². The van der Waals surface area contributed by atoms with Gasteiger partial charge in [-0.2, -0.15) is 0 Å². The van der Waals surface area contributed by atoms with E-state index in [1.165, 1.54) is 49.5 Å². The zero-order chi connectivity index (χ0) is 37.5. The van der Waals surface area contributed by atoms with Crippen LogP contribution in [0.5, 0.6) is 5.75 Å². The third kappa shape index (κ3) is 8.10. The maximum Gasteiger partial charge on any atom is 0.341 e. The average Bonchev–Trinajstić information content (AvgIpc) is 3.91. The number of allylic oxidation sites excluding steroid dienone is 1. The summed E-state index contributed by atoms with van der Waals surface area (Å²) in [4.78, 5) is 42.6. The van der Waals surface area contributed by atoms with Gasteiger partial charge in [-0.1, -0.05) is 48.3 Å². The standard InChI is InChI=1S/C38H41Cl2FN2O7S/c1-37(2,3)51(47,48)21-31(22-10-11-22)43-34(24-12-15-29(40)30(41)17-24)28(23-8-7-9-25(39)16-23)19-38(4,36(43)46)20-33(44)42-26-13-14-27(35(45)50-6)32(18-26)49-5/h7-9,12-18,28,34H,10-11,19-21H2,1-6H3,(H,42,44)/t28-,34-,38-/m1/s1. The first-order valence-corrected chi connectivity index (χ1v) is 18.8. The molecule has 2 amide bonds. The van der Waals surface area contributed by atoms with Crippen molar-refractivity contribution >= 4 is 56.5 Å². The number of ether oxygens (including phenoxy) is 2. The van der Waals surface area contributed by atoms with Crippen LogP contribution >= 0.6 is 23.2 Å². The quantitative estimate of drug-likeness (QED) is 0.207. The Hall–Kier alpha value is -3.93. The summed E-state index contributed by atoms with van der Waals surface area (Å²) in [5.74, 6) is -3.04. The molecule has 13 heteroatoms. The SMILES string of the molecule is COC(=O)c1ccc(NC(=O)C[C@@]2(C)C[C@H](c3cccc(Cl)c3)[C@@H](c3ccc(Cl)c(F)c3)N(C(CS(=O)(=O)C(C)(C)C)=C3CC3)C2=O)cc1OC. The van der Waals surface area contributed by atoms with Gasteiger partial charge in [0, 0.05) is 34.8 Å². The van der Waals surface area contributed by atoms with Crippen molar-refractivity contribution in [2.24, 2.45) is 5.41 Å². The van der Waals surface area contributed by atoms with Gasteiger partial charge in [0.1, 0.15) is 17.1 Å². The number of anilines is 1. The van der Waals surface area contributed by atoms with Crippen LogP contribution in [-0.2, 0) is 24.2 Å². The fraction of sp³-hybridized carbons (Fsp3) is 0.395. The zero-order valence-corrected chi connectivity index (χ0v) is 31.6. The molecular formula is C38H41Cl2FN2O7S. The Morgan fingerprint density at radius 1 is 1.02 bits per heavy atom. The predicted octanol–water partition coefficient (Wildman–Crippen LogP) is 8.28. The van der Waals surface area contributed by atoms with Gasteiger partial charge in [-0.25, -0.2) is 17.6 Å². The lowest BCUT2D eigenvalue weighted by Gasteiger charge is -2.50. The molecule has 5 rings (SSSR count). The van der Waals surface area contributed by atoms with Crippen molar-refractivity contribution in [1.82, 2.24) is 4.90 Å². The van der Waals surface area contributed by atoms with Crippen LogP contribution in [-0.4, -0.2) is 55.8 Å². The van der Waals surface area contributed by atoms with E-state index in [0.717, 1.165) is 11.1 Å². The van der Waals surface area contributed by atoms with E-state index < -0.39 is 61.3 Å². The highest BCUT2D eigenvalue weighted by Gasteiger charge is 2.53. The Balaban J connectivity index is 1.63. The van der Waals surface area contributed by atoms with Crippen molar-refractivity contribution in [2.75, 3.05) is 25.3 Å². The van der Waals surface area contributed by atoms with Crippen molar-refractivity contribution in [3.05, 3.63) is 104 Å². The highest BCUT2D eigenvalue weighted by atomic mass is 35.5. The van der Waals surface area contributed by atoms with E-state index in [9.17, 15) is 18.0 Å². The number of carbonyl (C=O) groups excluding carboxylic acids is 3. The number of methoxy groups -OCH3 is 2. The number of rotatable bonds is 10. The second kappa shape index (κ2) is 14.6. The Kier molecular flexibility index (Phi) is 11.0. The van der Waals surface area contributed by atoms with E-state index >= 15 is 9.18 Å². The van der Waals surface area contributed by atoms with Crippen LogP contribution in [0, 0.1) is 11.2 Å². The van der Waals surface area contributed by atoms with Gasteiger partial charge >= 0.3 is 5.97 Å². The Labute approximate surface area is 308 Å². The van der Waals surface area contributed by atoms with Crippen LogP contribution < -0.4 is 10.1 Å². The summed E-state index contributed by atoms with van der Waals surface area (Å²) in [5.41, 5.74) is 1.44. The lowest BCUT2D eigenvalue weighted by molar-refractivity contribution is -0.150. The summed E-state index contributed by atoms with van der Waals surface area (Å²) in [6.07, 6.45) is 1.06. The average molecular weight is 760 g/mol. The Bertz CT molecular complexity index is 2020. The third-order valence-electron chi connectivity index (χ3n) is 9.53. The van der Waals surface area contributed by atoms with Gasteiger partial charge < -0.3 is 19.7 Å². The highest BCUT2D eigenvalue weighted by Crippen LogP contribution is 2.54. The van der Waals surface area contributed by atoms with Gasteiger partial charge in [0.05, 0.1) is 41.2 Å². The van der Waals surface area contributed by atoms with Gasteiger partial charge in [-0.15, -0.1) is 0 Å². The molecule has 0 unspecified atom stereocenters. The molecule has 51 heavy (non-hydrogen) atoms. The fourth-order valence-corrected chi connectivity index (χ4v) is 7.98. The molecule has 1 heterocycles. The van der Waals surface area contributed by atoms with E-state index in [0.29, 0.717) is 34.8 Å². The summed E-state index contributed by atoms with van der Waals surface area (Å²) in [6, 6.07) is 15.1. The number of benzene rings is 3. The van der Waals surface area contributed by atoms with Crippen molar-refractivity contribution in [3.8, 4) is 5.75 Å². The number of halogens is 3. The minimum atomic E-state index is -3.80. The smallest absolute Gasteiger partial charge is 0.341 e. The van der Waals surface area contributed by atoms with Crippen molar-refractivity contribution < 1.29 is 36.7 Å². The molecule has 1 saturated heterocycles. The van der Waals surface area contributed by atoms with Crippen LogP contribution in [0.2, 0.25) is 10.0 Å². The zero-order valence-electron chi connectivity index (χ0n) is 29.3. The molecule has 0 aromatic heterocycles. The first kappa shape index (κ1) is 38.3. The molecular weight excluding hydrogens is 718 g/mol. The molecule has 0 spiro atoms. The van der Waals surface area contributed by atoms with Gasteiger partial charge in [-0.05, 0) is 93.1 Å². The molecule has 3 aromatic rings. The first-order chi connectivity index (χ1) is 23.9. The van der Waals surface area contributed by atoms with Gasteiger partial charge in [-0.3, -0.25) is 9.59 Å². The molecule has 2 fully saturated rings. The maximum atomic E-state index is 15.2. The Morgan fingerprint density at radius 3 is 2.31 bits per heavy atom. The summed E-state index contributed by atoms with van der Waals surface area (Å²) >= 11 is 12.6. The number of amides is 2.